The van der Waals surface area contributed by atoms with Gasteiger partial charge in [-0.3, -0.25) is 4.79 Å². The third-order valence-corrected chi connectivity index (χ3v) is 8.98. The summed E-state index contributed by atoms with van der Waals surface area (Å²) in [6.07, 6.45) is 0.383. The molecule has 1 aliphatic heterocycles. The Kier molecular flexibility index (Phi) is 9.57. The van der Waals surface area contributed by atoms with E-state index in [9.17, 15) is 23.3 Å². The molecule has 1 atom stereocenters. The first-order valence-electron chi connectivity index (χ1n) is 13.2. The van der Waals surface area contributed by atoms with Crippen molar-refractivity contribution < 1.29 is 27.5 Å². The predicted molar refractivity (Wildman–Crippen MR) is 149 cm³/mol. The number of benzene rings is 2. The molecule has 0 unspecified atom stereocenters. The molecule has 0 aromatic heterocycles. The first-order valence-corrected chi connectivity index (χ1v) is 14.8. The lowest BCUT2D eigenvalue weighted by molar-refractivity contribution is -0.130. The minimum atomic E-state index is -3.33. The van der Waals surface area contributed by atoms with Crippen LogP contribution in [0.2, 0.25) is 0 Å². The molecule has 0 bridgehead atoms. The minimum Gasteiger partial charge on any atom is -0.444 e. The van der Waals surface area contributed by atoms with Gasteiger partial charge in [-0.25, -0.2) is 13.2 Å². The summed E-state index contributed by atoms with van der Waals surface area (Å²) >= 11 is 0. The van der Waals surface area contributed by atoms with Crippen molar-refractivity contribution >= 4 is 21.7 Å². The number of hydrogen-bond acceptors (Lipinski definition) is 7. The average molecular weight is 555 g/mol. The Labute approximate surface area is 231 Å². The van der Waals surface area contributed by atoms with Crippen molar-refractivity contribution in [2.45, 2.75) is 81.6 Å². The van der Waals surface area contributed by atoms with Crippen LogP contribution in [-0.2, 0) is 30.5 Å². The molecule has 0 saturated carbocycles. The van der Waals surface area contributed by atoms with E-state index < -0.39 is 38.2 Å². The van der Waals surface area contributed by atoms with E-state index in [1.165, 1.54) is 0 Å². The lowest BCUT2D eigenvalue weighted by Gasteiger charge is -2.37. The Morgan fingerprint density at radius 3 is 2.05 bits per heavy atom. The second-order valence-corrected chi connectivity index (χ2v) is 13.8. The lowest BCUT2D eigenvalue weighted by Crippen LogP contribution is -2.58. The molecule has 2 aromatic rings. The number of ketones is 1. The number of hydrogen-bond donors (Lipinski definition) is 1. The number of amides is 1. The van der Waals surface area contributed by atoms with E-state index in [4.69, 9.17) is 9.47 Å². The highest BCUT2D eigenvalue weighted by Crippen LogP contribution is 2.28. The van der Waals surface area contributed by atoms with Crippen LogP contribution >= 0.6 is 0 Å². The number of carbonyl (C=O) groups is 2. The van der Waals surface area contributed by atoms with Gasteiger partial charge in [-0.05, 0) is 69.9 Å². The normalized spacial score (nSPS) is 16.2. The highest BCUT2D eigenvalue weighted by Gasteiger charge is 2.42. The quantitative estimate of drug-likeness (QED) is 0.449. The van der Waals surface area contributed by atoms with Gasteiger partial charge in [0.1, 0.15) is 11.1 Å². The van der Waals surface area contributed by atoms with E-state index in [1.54, 1.807) is 58.9 Å². The lowest BCUT2D eigenvalue weighted by atomic mass is 9.80. The van der Waals surface area contributed by atoms with Gasteiger partial charge >= 0.3 is 6.09 Å². The SMILES string of the molecule is CC(C)S(=O)(=O)c1ccc(-c2ccc(C[C@@H](C#N)CC(=O)C3(NC(=O)OC(C)(C)C)CCOCC3)cc2)cc1. The molecule has 8 nitrogen and oxygen atoms in total. The summed E-state index contributed by atoms with van der Waals surface area (Å²) in [5, 5.41) is 12.1. The Balaban J connectivity index is 1.68. The van der Waals surface area contributed by atoms with Crippen molar-refractivity contribution in [1.29, 1.82) is 5.26 Å². The zero-order valence-electron chi connectivity index (χ0n) is 23.3. The standard InChI is InChI=1S/C30H38N2O6S/c1-21(2)39(35,36)26-12-10-25(11-13-26)24-8-6-22(7-9-24)18-23(20-31)19-27(33)30(14-16-37-17-15-30)32-28(34)38-29(3,4)5/h6-13,21,23H,14-19H2,1-5H3,(H,32,34)/t23-/m1/s1. The van der Waals surface area contributed by atoms with Crippen LogP contribution in [0.3, 0.4) is 0 Å². The number of nitrogens with one attached hydrogen (secondary N) is 1. The molecular formula is C30H38N2O6S. The fourth-order valence-corrected chi connectivity index (χ4v) is 5.56. The van der Waals surface area contributed by atoms with Gasteiger partial charge < -0.3 is 14.8 Å². The fourth-order valence-electron chi connectivity index (χ4n) is 4.50. The van der Waals surface area contributed by atoms with Gasteiger partial charge in [-0.15, -0.1) is 0 Å². The molecule has 1 aliphatic rings. The van der Waals surface area contributed by atoms with Crippen LogP contribution in [-0.4, -0.2) is 49.9 Å². The van der Waals surface area contributed by atoms with Gasteiger partial charge in [0, 0.05) is 32.5 Å². The molecule has 1 N–H and O–H groups in total. The number of Topliss-reactive ketones (excluding diaryl/α,β-unsaturated/α-hetero) is 1. The van der Waals surface area contributed by atoms with Crippen molar-refractivity contribution in [3.05, 3.63) is 54.1 Å². The molecule has 9 heteroatoms. The van der Waals surface area contributed by atoms with Crippen LogP contribution in [0.5, 0.6) is 0 Å². The van der Waals surface area contributed by atoms with Crippen molar-refractivity contribution in [3.63, 3.8) is 0 Å². The van der Waals surface area contributed by atoms with Gasteiger partial charge in [-0.1, -0.05) is 36.4 Å². The third kappa shape index (κ3) is 7.90. The molecule has 3 rings (SSSR count). The summed E-state index contributed by atoms with van der Waals surface area (Å²) in [4.78, 5) is 26.2. The van der Waals surface area contributed by atoms with Crippen LogP contribution in [0.1, 0.15) is 59.4 Å². The van der Waals surface area contributed by atoms with Gasteiger partial charge in [-0.2, -0.15) is 5.26 Å². The Morgan fingerprint density at radius 1 is 1.03 bits per heavy atom. The first kappa shape index (κ1) is 30.3. The smallest absolute Gasteiger partial charge is 0.408 e. The van der Waals surface area contributed by atoms with E-state index >= 15 is 0 Å². The highest BCUT2D eigenvalue weighted by atomic mass is 32.2. The van der Waals surface area contributed by atoms with Crippen molar-refractivity contribution in [2.75, 3.05) is 13.2 Å². The Bertz CT molecular complexity index is 1300. The van der Waals surface area contributed by atoms with E-state index in [1.807, 2.05) is 24.3 Å². The first-order chi connectivity index (χ1) is 18.3. The summed E-state index contributed by atoms with van der Waals surface area (Å²) in [5.41, 5.74) is 0.882. The second kappa shape index (κ2) is 12.3. The summed E-state index contributed by atoms with van der Waals surface area (Å²) in [5.74, 6) is -0.764. The number of carbonyl (C=O) groups excluding carboxylic acids is 2. The fraction of sp³-hybridized carbons (Fsp3) is 0.500. The van der Waals surface area contributed by atoms with Crippen LogP contribution < -0.4 is 5.32 Å². The van der Waals surface area contributed by atoms with Crippen LogP contribution in [0.25, 0.3) is 11.1 Å². The zero-order valence-corrected chi connectivity index (χ0v) is 24.1. The summed E-state index contributed by atoms with van der Waals surface area (Å²) < 4.78 is 35.6. The number of ether oxygens (including phenoxy) is 2. The van der Waals surface area contributed by atoms with Crippen LogP contribution in [0.15, 0.2) is 53.4 Å². The maximum atomic E-state index is 13.4. The number of alkyl carbamates (subject to hydrolysis) is 1. The molecule has 39 heavy (non-hydrogen) atoms. The summed E-state index contributed by atoms with van der Waals surface area (Å²) in [6.45, 7) is 9.27. The zero-order chi connectivity index (χ0) is 28.8. The number of nitrogens with zero attached hydrogens (tertiary/aromatic N) is 1. The Morgan fingerprint density at radius 2 is 1.56 bits per heavy atom. The monoisotopic (exact) mass is 554 g/mol. The van der Waals surface area contributed by atoms with E-state index in [-0.39, 0.29) is 12.2 Å². The molecule has 1 saturated heterocycles. The highest BCUT2D eigenvalue weighted by molar-refractivity contribution is 7.92. The van der Waals surface area contributed by atoms with Crippen molar-refractivity contribution in [1.82, 2.24) is 5.32 Å². The summed E-state index contributed by atoms with van der Waals surface area (Å²) in [7, 11) is -3.33. The molecule has 1 amide bonds. The van der Waals surface area contributed by atoms with Gasteiger partial charge in [0.15, 0.2) is 15.6 Å². The molecule has 0 radical (unpaired) electrons. The number of nitriles is 1. The number of rotatable bonds is 9. The Hall–Kier alpha value is -3.22. The molecule has 2 aromatic carbocycles. The van der Waals surface area contributed by atoms with Crippen molar-refractivity contribution in [3.8, 4) is 17.2 Å². The van der Waals surface area contributed by atoms with Crippen LogP contribution in [0, 0.1) is 17.2 Å². The topological polar surface area (TPSA) is 123 Å². The summed E-state index contributed by atoms with van der Waals surface area (Å²) in [6, 6.07) is 16.7. The van der Waals surface area contributed by atoms with Gasteiger partial charge in [0.2, 0.25) is 0 Å². The third-order valence-electron chi connectivity index (χ3n) is 6.81. The molecule has 1 fully saturated rings. The maximum Gasteiger partial charge on any atom is 0.408 e. The van der Waals surface area contributed by atoms with Crippen LogP contribution in [0.4, 0.5) is 4.79 Å². The molecule has 0 aliphatic carbocycles. The minimum absolute atomic E-state index is 0.000162. The van der Waals surface area contributed by atoms with Crippen molar-refractivity contribution in [2.24, 2.45) is 5.92 Å². The molecule has 0 spiro atoms. The molecule has 1 heterocycles. The van der Waals surface area contributed by atoms with Gasteiger partial charge in [0.25, 0.3) is 0 Å². The molecule has 210 valence electrons. The maximum absolute atomic E-state index is 13.4. The van der Waals surface area contributed by atoms with Gasteiger partial charge in [0.05, 0.1) is 22.1 Å². The molecular weight excluding hydrogens is 516 g/mol. The van der Waals surface area contributed by atoms with E-state index in [0.717, 1.165) is 16.7 Å². The average Bonchev–Trinajstić information content (AvgIpc) is 2.88. The van der Waals surface area contributed by atoms with E-state index in [2.05, 4.69) is 11.4 Å². The second-order valence-electron chi connectivity index (χ2n) is 11.3. The predicted octanol–water partition coefficient (Wildman–Crippen LogP) is 5.25. The van der Waals surface area contributed by atoms with E-state index in [0.29, 0.717) is 37.4 Å². The number of sulfone groups is 1. The largest absolute Gasteiger partial charge is 0.444 e.